The predicted molar refractivity (Wildman–Crippen MR) is 127 cm³/mol. The maximum absolute atomic E-state index is 13.0. The van der Waals surface area contributed by atoms with Crippen LogP contribution in [0.3, 0.4) is 0 Å². The summed E-state index contributed by atoms with van der Waals surface area (Å²) in [5, 5.41) is 3.66. The van der Waals surface area contributed by atoms with E-state index >= 15 is 0 Å². The molecule has 0 aliphatic heterocycles. The number of hydroxylamine groups is 2. The molecule has 1 atom stereocenters. The second-order valence-electron chi connectivity index (χ2n) is 9.74. The van der Waals surface area contributed by atoms with Crippen LogP contribution in [-0.4, -0.2) is 32.4 Å². The van der Waals surface area contributed by atoms with Gasteiger partial charge in [0.25, 0.3) is 5.56 Å². The lowest BCUT2D eigenvalue weighted by atomic mass is 10.1. The predicted octanol–water partition coefficient (Wildman–Crippen LogP) is 5.36. The van der Waals surface area contributed by atoms with Gasteiger partial charge in [0.1, 0.15) is 5.60 Å². The molecule has 1 aromatic carbocycles. The Morgan fingerprint density at radius 1 is 1.16 bits per heavy atom. The highest BCUT2D eigenvalue weighted by atomic mass is 16.7. The molecule has 0 fully saturated rings. The van der Waals surface area contributed by atoms with E-state index in [1.54, 1.807) is 23.9 Å². The second kappa shape index (κ2) is 8.81. The van der Waals surface area contributed by atoms with Crippen molar-refractivity contribution in [3.63, 3.8) is 0 Å². The van der Waals surface area contributed by atoms with Crippen molar-refractivity contribution in [2.45, 2.75) is 66.5 Å². The number of nitrogens with zero attached hydrogens (tertiary/aromatic N) is 3. The number of carbonyl (C=O) groups is 1. The smallest absolute Gasteiger partial charge is 0.442 e. The largest absolute Gasteiger partial charge is 0.443 e. The molecule has 0 saturated carbocycles. The number of aryl methyl sites for hydroxylation is 2. The fourth-order valence-electron chi connectivity index (χ4n) is 3.92. The summed E-state index contributed by atoms with van der Waals surface area (Å²) in [7, 11) is 1.73. The van der Waals surface area contributed by atoms with Crippen molar-refractivity contribution < 1.29 is 14.4 Å². The molecular weight excluding hydrogens is 406 g/mol. The van der Waals surface area contributed by atoms with Crippen LogP contribution >= 0.6 is 0 Å². The van der Waals surface area contributed by atoms with E-state index in [1.807, 2.05) is 52.8 Å². The van der Waals surface area contributed by atoms with Crippen molar-refractivity contribution in [2.24, 2.45) is 13.0 Å². The Bertz CT molecular complexity index is 1210. The molecule has 0 spiro atoms. The molecule has 32 heavy (non-hydrogen) atoms. The summed E-state index contributed by atoms with van der Waals surface area (Å²) in [6.45, 7) is 13.4. The zero-order valence-corrected chi connectivity index (χ0v) is 20.2. The average molecular weight is 440 g/mol. The van der Waals surface area contributed by atoms with Crippen molar-refractivity contribution in [2.75, 3.05) is 0 Å². The van der Waals surface area contributed by atoms with E-state index in [9.17, 15) is 9.59 Å². The number of pyridine rings is 2. The van der Waals surface area contributed by atoms with E-state index in [0.29, 0.717) is 28.3 Å². The number of ether oxygens (including phenoxy) is 1. The van der Waals surface area contributed by atoms with Crippen LogP contribution < -0.4 is 10.4 Å². The fraction of sp³-hybridized carbons (Fsp3) is 0.480. The summed E-state index contributed by atoms with van der Waals surface area (Å²) in [6, 6.07) is 7.15. The molecule has 7 nitrogen and oxygen atoms in total. The first kappa shape index (κ1) is 23.6. The van der Waals surface area contributed by atoms with Gasteiger partial charge >= 0.3 is 6.09 Å². The van der Waals surface area contributed by atoms with Crippen molar-refractivity contribution in [1.29, 1.82) is 0 Å². The van der Waals surface area contributed by atoms with Crippen LogP contribution in [0.5, 0.6) is 5.75 Å². The van der Waals surface area contributed by atoms with Gasteiger partial charge in [0.2, 0.25) is 0 Å². The second-order valence-corrected chi connectivity index (χ2v) is 9.74. The Morgan fingerprint density at radius 3 is 2.47 bits per heavy atom. The van der Waals surface area contributed by atoms with Crippen LogP contribution in [0.25, 0.3) is 21.7 Å². The van der Waals surface area contributed by atoms with Crippen LogP contribution in [-0.2, 0) is 11.8 Å². The number of aromatic nitrogens is 2. The highest BCUT2D eigenvalue weighted by Gasteiger charge is 2.29. The Balaban J connectivity index is 2.06. The van der Waals surface area contributed by atoms with Gasteiger partial charge in [-0.25, -0.2) is 4.79 Å². The topological polar surface area (TPSA) is 73.7 Å². The molecule has 2 aromatic heterocycles. The van der Waals surface area contributed by atoms with E-state index in [4.69, 9.17) is 9.57 Å². The molecule has 0 radical (unpaired) electrons. The van der Waals surface area contributed by atoms with Crippen molar-refractivity contribution in [3.8, 4) is 5.75 Å². The van der Waals surface area contributed by atoms with E-state index in [-0.39, 0.29) is 11.6 Å². The van der Waals surface area contributed by atoms with E-state index in [0.717, 1.165) is 17.2 Å². The van der Waals surface area contributed by atoms with Crippen LogP contribution in [0, 0.1) is 12.8 Å². The maximum Gasteiger partial charge on any atom is 0.443 e. The molecule has 0 aliphatic rings. The minimum absolute atomic E-state index is 0.118. The lowest BCUT2D eigenvalue weighted by Crippen LogP contribution is -2.44. The highest BCUT2D eigenvalue weighted by Crippen LogP contribution is 2.28. The summed E-state index contributed by atoms with van der Waals surface area (Å²) >= 11 is 0. The molecule has 0 saturated heterocycles. The highest BCUT2D eigenvalue weighted by molar-refractivity contribution is 6.06. The first-order valence-electron chi connectivity index (χ1n) is 11.0. The van der Waals surface area contributed by atoms with Crippen molar-refractivity contribution >= 4 is 27.8 Å². The van der Waals surface area contributed by atoms with Gasteiger partial charge in [-0.15, -0.1) is 5.06 Å². The normalized spacial score (nSPS) is 12.9. The number of rotatable bonds is 5. The van der Waals surface area contributed by atoms with E-state index < -0.39 is 11.7 Å². The first-order valence-corrected chi connectivity index (χ1v) is 11.0. The molecule has 2 heterocycles. The Hall–Kier alpha value is -3.09. The molecule has 3 aromatic rings. The lowest BCUT2D eigenvalue weighted by Gasteiger charge is -2.31. The Morgan fingerprint density at radius 2 is 1.84 bits per heavy atom. The monoisotopic (exact) mass is 439 g/mol. The summed E-state index contributed by atoms with van der Waals surface area (Å²) in [5.74, 6) is 0.832. The molecule has 0 N–H and O–H groups in total. The van der Waals surface area contributed by atoms with Crippen LogP contribution in [0.4, 0.5) is 4.79 Å². The Kier molecular flexibility index (Phi) is 6.49. The summed E-state index contributed by atoms with van der Waals surface area (Å²) in [4.78, 5) is 36.2. The van der Waals surface area contributed by atoms with Crippen LogP contribution in [0.1, 0.15) is 53.7 Å². The third-order valence-electron chi connectivity index (χ3n) is 5.27. The number of benzene rings is 1. The number of hydrogen-bond donors (Lipinski definition) is 0. The number of fused-ring (bicyclic) bond motifs is 3. The molecule has 1 amide bonds. The van der Waals surface area contributed by atoms with Gasteiger partial charge in [-0.05, 0) is 70.5 Å². The maximum atomic E-state index is 13.0. The summed E-state index contributed by atoms with van der Waals surface area (Å²) in [6.07, 6.45) is 1.92. The van der Waals surface area contributed by atoms with Crippen molar-refractivity contribution in [3.05, 3.63) is 46.5 Å². The van der Waals surface area contributed by atoms with Crippen molar-refractivity contribution in [1.82, 2.24) is 14.6 Å². The van der Waals surface area contributed by atoms with Gasteiger partial charge in [-0.3, -0.25) is 9.78 Å². The van der Waals surface area contributed by atoms with E-state index in [2.05, 4.69) is 18.8 Å². The minimum atomic E-state index is -0.645. The first-order chi connectivity index (χ1) is 14.9. The third kappa shape index (κ3) is 4.87. The summed E-state index contributed by atoms with van der Waals surface area (Å²) < 4.78 is 7.17. The molecule has 0 aliphatic carbocycles. The van der Waals surface area contributed by atoms with Gasteiger partial charge < -0.3 is 14.1 Å². The Labute approximate surface area is 188 Å². The van der Waals surface area contributed by atoms with Gasteiger partial charge in [0.15, 0.2) is 5.75 Å². The van der Waals surface area contributed by atoms with Gasteiger partial charge in [-0.2, -0.15) is 0 Å². The molecule has 3 rings (SSSR count). The molecule has 172 valence electrons. The van der Waals surface area contributed by atoms with Gasteiger partial charge in [0.05, 0.1) is 22.6 Å². The molecular formula is C25H33N3O4. The number of hydrogen-bond acceptors (Lipinski definition) is 5. The van der Waals surface area contributed by atoms with Gasteiger partial charge in [0, 0.05) is 24.7 Å². The van der Waals surface area contributed by atoms with E-state index in [1.165, 1.54) is 5.06 Å². The molecule has 1 unspecified atom stereocenters. The van der Waals surface area contributed by atoms with Crippen LogP contribution in [0.2, 0.25) is 0 Å². The number of amides is 1. The standard InChI is InChI=1S/C25H33N3O4/c1-15(2)13-16(3)28(24(30)31-25(5,6)7)32-18-9-10-19-20-11-12-26-17(4)22(20)23(29)27(8)21(19)14-18/h9-12,14-16H,13H2,1-8H3. The van der Waals surface area contributed by atoms with Crippen LogP contribution in [0.15, 0.2) is 35.3 Å². The average Bonchev–Trinajstić information content (AvgIpc) is 2.68. The van der Waals surface area contributed by atoms with Gasteiger partial charge in [-0.1, -0.05) is 13.8 Å². The fourth-order valence-corrected chi connectivity index (χ4v) is 3.92. The minimum Gasteiger partial charge on any atom is -0.442 e. The zero-order valence-electron chi connectivity index (χ0n) is 20.2. The molecule has 7 heteroatoms. The number of carbonyl (C=O) groups excluding carboxylic acids is 1. The zero-order chi connectivity index (χ0) is 23.8. The third-order valence-corrected chi connectivity index (χ3v) is 5.27. The lowest BCUT2D eigenvalue weighted by molar-refractivity contribution is -0.0966. The molecule has 0 bridgehead atoms. The quantitative estimate of drug-likeness (QED) is 0.395. The summed E-state index contributed by atoms with van der Waals surface area (Å²) in [5.41, 5.74) is 0.650. The SMILES string of the molecule is Cc1nccc2c1c(=O)n(C)c1cc(ON(C(=O)OC(C)(C)C)C(C)CC(C)C)ccc21.